The lowest BCUT2D eigenvalue weighted by Gasteiger charge is -2.16. The number of nitrogens with one attached hydrogen (secondary N) is 2. The van der Waals surface area contributed by atoms with Crippen molar-refractivity contribution in [3.63, 3.8) is 0 Å². The highest BCUT2D eigenvalue weighted by atomic mass is 15.2. The summed E-state index contributed by atoms with van der Waals surface area (Å²) in [6.07, 6.45) is 5.77. The Kier molecular flexibility index (Phi) is 1.91. The summed E-state index contributed by atoms with van der Waals surface area (Å²) in [6, 6.07) is 0.738. The van der Waals surface area contributed by atoms with E-state index in [1.54, 1.807) is 0 Å². The summed E-state index contributed by atoms with van der Waals surface area (Å²) in [6.45, 7) is 3.13. The van der Waals surface area contributed by atoms with Gasteiger partial charge >= 0.3 is 0 Å². The molecule has 1 heterocycles. The monoisotopic (exact) mass is 139 g/mol. The van der Waals surface area contributed by atoms with Crippen LogP contribution in [0.5, 0.6) is 0 Å². The molecule has 2 rings (SSSR count). The lowest BCUT2D eigenvalue weighted by atomic mass is 9.99. The van der Waals surface area contributed by atoms with Crippen molar-refractivity contribution in [3.8, 4) is 0 Å². The van der Waals surface area contributed by atoms with E-state index in [4.69, 9.17) is 0 Å². The average Bonchev–Trinajstić information content (AvgIpc) is 2.59. The molecule has 0 spiro atoms. The molecule has 1 atom stereocenters. The molecule has 10 heavy (non-hydrogen) atoms. The fraction of sp³-hybridized carbons (Fsp3) is 0.875. The normalized spacial score (nSPS) is 35.4. The van der Waals surface area contributed by atoms with Gasteiger partial charge in [-0.25, -0.2) is 0 Å². The van der Waals surface area contributed by atoms with E-state index in [-0.39, 0.29) is 0 Å². The minimum atomic E-state index is 0.738. The fourth-order valence-electron chi connectivity index (χ4n) is 2.07. The maximum absolute atomic E-state index is 3.36. The van der Waals surface area contributed by atoms with Crippen molar-refractivity contribution < 1.29 is 0 Å². The van der Waals surface area contributed by atoms with Gasteiger partial charge in [0.1, 0.15) is 0 Å². The maximum Gasteiger partial charge on any atom is 0.0869 e. The standard InChI is InChI=1S/C8H15N2/c1-2-4-7(3-1)8-5-9-6-10-8/h6-10H,1-5H2. The first-order chi connectivity index (χ1) is 4.97. The van der Waals surface area contributed by atoms with E-state index in [9.17, 15) is 0 Å². The molecule has 1 saturated carbocycles. The van der Waals surface area contributed by atoms with Crippen molar-refractivity contribution in [2.75, 3.05) is 6.54 Å². The highest BCUT2D eigenvalue weighted by Crippen LogP contribution is 2.28. The van der Waals surface area contributed by atoms with Crippen LogP contribution in [0.3, 0.4) is 0 Å². The second-order valence-corrected chi connectivity index (χ2v) is 3.37. The molecule has 0 aromatic carbocycles. The zero-order valence-electron chi connectivity index (χ0n) is 6.27. The topological polar surface area (TPSA) is 24.1 Å². The van der Waals surface area contributed by atoms with Gasteiger partial charge in [-0.1, -0.05) is 12.8 Å². The molecule has 2 heteroatoms. The van der Waals surface area contributed by atoms with Gasteiger partial charge in [-0.2, -0.15) is 0 Å². The number of rotatable bonds is 1. The Balaban J connectivity index is 1.85. The van der Waals surface area contributed by atoms with Gasteiger partial charge in [0.2, 0.25) is 0 Å². The first-order valence-corrected chi connectivity index (χ1v) is 4.28. The molecule has 0 bridgehead atoms. The van der Waals surface area contributed by atoms with Gasteiger partial charge < -0.3 is 0 Å². The van der Waals surface area contributed by atoms with E-state index < -0.39 is 0 Å². The molecule has 1 unspecified atom stereocenters. The van der Waals surface area contributed by atoms with Gasteiger partial charge in [-0.05, 0) is 18.8 Å². The van der Waals surface area contributed by atoms with Crippen molar-refractivity contribution in [2.24, 2.45) is 5.92 Å². The van der Waals surface area contributed by atoms with Gasteiger partial charge in [0, 0.05) is 12.6 Å². The second-order valence-electron chi connectivity index (χ2n) is 3.37. The third-order valence-corrected chi connectivity index (χ3v) is 2.71. The largest absolute Gasteiger partial charge is 0.298 e. The zero-order chi connectivity index (χ0) is 6.81. The Morgan fingerprint density at radius 1 is 1.20 bits per heavy atom. The summed E-state index contributed by atoms with van der Waals surface area (Å²) in [7, 11) is 0. The van der Waals surface area contributed by atoms with Crippen LogP contribution in [-0.4, -0.2) is 12.6 Å². The Bertz CT molecular complexity index is 87.8. The third kappa shape index (κ3) is 1.18. The first-order valence-electron chi connectivity index (χ1n) is 4.28. The van der Waals surface area contributed by atoms with E-state index >= 15 is 0 Å². The van der Waals surface area contributed by atoms with Crippen LogP contribution in [0.2, 0.25) is 0 Å². The lowest BCUT2D eigenvalue weighted by Crippen LogP contribution is -2.30. The van der Waals surface area contributed by atoms with Gasteiger partial charge in [-0.15, -0.1) is 0 Å². The van der Waals surface area contributed by atoms with E-state index in [2.05, 4.69) is 10.6 Å². The van der Waals surface area contributed by atoms with Crippen LogP contribution in [0.1, 0.15) is 25.7 Å². The third-order valence-electron chi connectivity index (χ3n) is 2.71. The highest BCUT2D eigenvalue weighted by molar-refractivity contribution is 4.89. The summed E-state index contributed by atoms with van der Waals surface area (Å²) < 4.78 is 0. The maximum atomic E-state index is 3.36. The molecule has 2 N–H and O–H groups in total. The fourth-order valence-corrected chi connectivity index (χ4v) is 2.07. The Morgan fingerprint density at radius 3 is 2.60 bits per heavy atom. The van der Waals surface area contributed by atoms with Crippen LogP contribution in [0.25, 0.3) is 0 Å². The van der Waals surface area contributed by atoms with Crippen LogP contribution in [0.4, 0.5) is 0 Å². The number of hydrogen-bond acceptors (Lipinski definition) is 2. The van der Waals surface area contributed by atoms with Crippen LogP contribution in [0, 0.1) is 12.6 Å². The molecular formula is C8H15N2. The molecule has 2 nitrogen and oxygen atoms in total. The van der Waals surface area contributed by atoms with Crippen molar-refractivity contribution in [3.05, 3.63) is 6.67 Å². The molecule has 1 aliphatic carbocycles. The van der Waals surface area contributed by atoms with Crippen molar-refractivity contribution in [1.29, 1.82) is 0 Å². The lowest BCUT2D eigenvalue weighted by molar-refractivity contribution is 0.419. The highest BCUT2D eigenvalue weighted by Gasteiger charge is 2.26. The first kappa shape index (κ1) is 6.62. The van der Waals surface area contributed by atoms with Crippen LogP contribution >= 0.6 is 0 Å². The molecule has 0 amide bonds. The second kappa shape index (κ2) is 2.89. The Labute approximate surface area is 62.4 Å². The minimum absolute atomic E-state index is 0.738. The summed E-state index contributed by atoms with van der Waals surface area (Å²) >= 11 is 0. The van der Waals surface area contributed by atoms with Crippen LogP contribution in [-0.2, 0) is 0 Å². The SMILES string of the molecule is [CH]1NCC(C2CCCC2)N1. The van der Waals surface area contributed by atoms with Gasteiger partial charge in [-0.3, -0.25) is 10.6 Å². The number of hydrogen-bond donors (Lipinski definition) is 2. The summed E-state index contributed by atoms with van der Waals surface area (Å²) in [4.78, 5) is 0. The van der Waals surface area contributed by atoms with Gasteiger partial charge in [0.15, 0.2) is 0 Å². The zero-order valence-corrected chi connectivity index (χ0v) is 6.27. The van der Waals surface area contributed by atoms with Crippen LogP contribution < -0.4 is 10.6 Å². The molecule has 57 valence electrons. The molecule has 1 aliphatic heterocycles. The summed E-state index contributed by atoms with van der Waals surface area (Å²) in [5, 5.41) is 6.58. The van der Waals surface area contributed by atoms with E-state index in [1.165, 1.54) is 25.7 Å². The molecule has 0 aromatic heterocycles. The predicted molar refractivity (Wildman–Crippen MR) is 41.2 cm³/mol. The smallest absolute Gasteiger partial charge is 0.0869 e. The molecule has 1 radical (unpaired) electrons. The van der Waals surface area contributed by atoms with Crippen molar-refractivity contribution in [2.45, 2.75) is 31.7 Å². The minimum Gasteiger partial charge on any atom is -0.298 e. The molecule has 2 fully saturated rings. The quantitative estimate of drug-likeness (QED) is 0.563. The summed E-state index contributed by atoms with van der Waals surface area (Å²) in [5.74, 6) is 0.950. The average molecular weight is 139 g/mol. The Morgan fingerprint density at radius 2 is 2.00 bits per heavy atom. The predicted octanol–water partition coefficient (Wildman–Crippen LogP) is 0.857. The van der Waals surface area contributed by atoms with Crippen molar-refractivity contribution >= 4 is 0 Å². The summed E-state index contributed by atoms with van der Waals surface area (Å²) in [5.41, 5.74) is 0. The molecule has 2 aliphatic rings. The van der Waals surface area contributed by atoms with Gasteiger partial charge in [0.05, 0.1) is 6.67 Å². The van der Waals surface area contributed by atoms with E-state index in [1.807, 2.05) is 6.67 Å². The van der Waals surface area contributed by atoms with Crippen molar-refractivity contribution in [1.82, 2.24) is 10.6 Å². The van der Waals surface area contributed by atoms with Gasteiger partial charge in [0.25, 0.3) is 0 Å². The Hall–Kier alpha value is -0.0800. The molecule has 1 saturated heterocycles. The van der Waals surface area contributed by atoms with E-state index in [0.717, 1.165) is 18.5 Å². The van der Waals surface area contributed by atoms with Crippen LogP contribution in [0.15, 0.2) is 0 Å². The van der Waals surface area contributed by atoms with E-state index in [0.29, 0.717) is 0 Å². The molecule has 0 aromatic rings. The molecular weight excluding hydrogens is 124 g/mol.